The first-order valence-corrected chi connectivity index (χ1v) is 9.60. The molecular formula is C16H23ClN2O3S. The summed E-state index contributed by atoms with van der Waals surface area (Å²) >= 11 is 0. The van der Waals surface area contributed by atoms with E-state index in [2.05, 4.69) is 5.32 Å². The zero-order chi connectivity index (χ0) is 15.9. The van der Waals surface area contributed by atoms with Crippen LogP contribution in [0, 0.1) is 6.92 Å². The van der Waals surface area contributed by atoms with Crippen molar-refractivity contribution < 1.29 is 13.2 Å². The van der Waals surface area contributed by atoms with Gasteiger partial charge in [0, 0.05) is 37.0 Å². The molecule has 23 heavy (non-hydrogen) atoms. The number of halogens is 1. The summed E-state index contributed by atoms with van der Waals surface area (Å²) < 4.78 is 23.7. The highest BCUT2D eigenvalue weighted by Gasteiger charge is 2.31. The van der Waals surface area contributed by atoms with Gasteiger partial charge in [0.2, 0.25) is 0 Å². The van der Waals surface area contributed by atoms with Gasteiger partial charge in [-0.05, 0) is 43.9 Å². The molecule has 2 saturated heterocycles. The lowest BCUT2D eigenvalue weighted by atomic mass is 10.1. The van der Waals surface area contributed by atoms with Crippen molar-refractivity contribution in [1.82, 2.24) is 10.2 Å². The van der Waals surface area contributed by atoms with Gasteiger partial charge >= 0.3 is 0 Å². The van der Waals surface area contributed by atoms with Crippen molar-refractivity contribution in [3.05, 3.63) is 29.3 Å². The first-order valence-electron chi connectivity index (χ1n) is 7.70. The van der Waals surface area contributed by atoms with E-state index in [0.29, 0.717) is 29.8 Å². The molecule has 3 rings (SSSR count). The van der Waals surface area contributed by atoms with E-state index < -0.39 is 9.84 Å². The number of benzene rings is 1. The molecular weight excluding hydrogens is 336 g/mol. The Kier molecular flexibility index (Phi) is 5.38. The molecule has 0 aromatic heterocycles. The van der Waals surface area contributed by atoms with Crippen molar-refractivity contribution in [2.24, 2.45) is 0 Å². The van der Waals surface area contributed by atoms with Gasteiger partial charge in [0.25, 0.3) is 5.91 Å². The number of carbonyl (C=O) groups excluding carboxylic acids is 1. The monoisotopic (exact) mass is 358 g/mol. The Labute approximate surface area is 143 Å². The first-order chi connectivity index (χ1) is 10.3. The number of likely N-dealkylation sites (tertiary alicyclic amines) is 1. The van der Waals surface area contributed by atoms with Crippen molar-refractivity contribution in [3.63, 3.8) is 0 Å². The first kappa shape index (κ1) is 18.2. The molecule has 5 nitrogen and oxygen atoms in total. The van der Waals surface area contributed by atoms with Crippen molar-refractivity contribution >= 4 is 28.2 Å². The minimum Gasteiger partial charge on any atom is -0.337 e. The summed E-state index contributed by atoms with van der Waals surface area (Å²) in [5, 5.41) is 3.54. The molecule has 1 aromatic carbocycles. The lowest BCUT2D eigenvalue weighted by Crippen LogP contribution is -2.39. The third-order valence-corrected chi connectivity index (χ3v) is 5.88. The standard InChI is InChI=1S/C16H22N2O3S.ClH/c1-11-3-4-12(9-15(11)22(2,20)21)16(19)18-8-7-13-5-6-14(10-18)17-13;/h3-4,9,13-14,17H,5-8,10H2,1-2H3;1H. The van der Waals surface area contributed by atoms with Gasteiger partial charge in [-0.2, -0.15) is 0 Å². The molecule has 2 aliphatic rings. The maximum absolute atomic E-state index is 12.7. The van der Waals surface area contributed by atoms with Crippen molar-refractivity contribution in [3.8, 4) is 0 Å². The molecule has 0 saturated carbocycles. The highest BCUT2D eigenvalue weighted by atomic mass is 35.5. The van der Waals surface area contributed by atoms with Gasteiger partial charge < -0.3 is 10.2 Å². The van der Waals surface area contributed by atoms with E-state index in [-0.39, 0.29) is 23.2 Å². The number of nitrogens with zero attached hydrogens (tertiary/aromatic N) is 1. The average molecular weight is 359 g/mol. The number of sulfone groups is 1. The van der Waals surface area contributed by atoms with Crippen LogP contribution < -0.4 is 5.32 Å². The Hall–Kier alpha value is -1.11. The number of hydrogen-bond donors (Lipinski definition) is 1. The Morgan fingerprint density at radius 1 is 1.22 bits per heavy atom. The number of aryl methyl sites for hydroxylation is 1. The molecule has 128 valence electrons. The fourth-order valence-corrected chi connectivity index (χ4v) is 4.44. The summed E-state index contributed by atoms with van der Waals surface area (Å²) in [6.07, 6.45) is 4.44. The molecule has 1 N–H and O–H groups in total. The highest BCUT2D eigenvalue weighted by Crippen LogP contribution is 2.23. The smallest absolute Gasteiger partial charge is 0.253 e. The molecule has 0 radical (unpaired) electrons. The molecule has 2 bridgehead atoms. The molecule has 2 unspecified atom stereocenters. The molecule has 2 atom stereocenters. The van der Waals surface area contributed by atoms with Crippen LogP contribution in [-0.4, -0.2) is 50.7 Å². The number of amides is 1. The van der Waals surface area contributed by atoms with Crippen LogP contribution in [0.1, 0.15) is 35.2 Å². The Morgan fingerprint density at radius 3 is 2.61 bits per heavy atom. The second kappa shape index (κ2) is 6.79. The summed E-state index contributed by atoms with van der Waals surface area (Å²) in [7, 11) is -3.32. The van der Waals surface area contributed by atoms with Crippen LogP contribution in [0.15, 0.2) is 23.1 Å². The van der Waals surface area contributed by atoms with E-state index in [1.165, 1.54) is 18.7 Å². The van der Waals surface area contributed by atoms with E-state index in [9.17, 15) is 13.2 Å². The second-order valence-electron chi connectivity index (χ2n) is 6.43. The van der Waals surface area contributed by atoms with E-state index in [1.807, 2.05) is 4.90 Å². The second-order valence-corrected chi connectivity index (χ2v) is 8.41. The van der Waals surface area contributed by atoms with Gasteiger partial charge in [-0.25, -0.2) is 8.42 Å². The summed E-state index contributed by atoms with van der Waals surface area (Å²) in [6, 6.07) is 5.85. The molecule has 7 heteroatoms. The maximum atomic E-state index is 12.7. The van der Waals surface area contributed by atoms with Crippen LogP contribution >= 0.6 is 12.4 Å². The highest BCUT2D eigenvalue weighted by molar-refractivity contribution is 7.90. The predicted molar refractivity (Wildman–Crippen MR) is 92.0 cm³/mol. The van der Waals surface area contributed by atoms with Crippen LogP contribution in [0.5, 0.6) is 0 Å². The third-order valence-electron chi connectivity index (χ3n) is 4.65. The fourth-order valence-electron chi connectivity index (χ4n) is 3.44. The minimum atomic E-state index is -3.32. The van der Waals surface area contributed by atoms with Gasteiger partial charge in [0.1, 0.15) is 0 Å². The van der Waals surface area contributed by atoms with E-state index in [0.717, 1.165) is 19.4 Å². The van der Waals surface area contributed by atoms with Crippen LogP contribution in [0.3, 0.4) is 0 Å². The number of hydrogen-bond acceptors (Lipinski definition) is 4. The Balaban J connectivity index is 0.00000192. The number of carbonyl (C=O) groups is 1. The lowest BCUT2D eigenvalue weighted by Gasteiger charge is -2.24. The van der Waals surface area contributed by atoms with Crippen molar-refractivity contribution in [2.75, 3.05) is 19.3 Å². The van der Waals surface area contributed by atoms with Crippen LogP contribution in [0.25, 0.3) is 0 Å². The van der Waals surface area contributed by atoms with E-state index in [4.69, 9.17) is 0 Å². The summed E-state index contributed by atoms with van der Waals surface area (Å²) in [6.45, 7) is 3.19. The lowest BCUT2D eigenvalue weighted by molar-refractivity contribution is 0.0748. The molecule has 0 spiro atoms. The Bertz CT molecular complexity index is 705. The zero-order valence-electron chi connectivity index (χ0n) is 13.4. The van der Waals surface area contributed by atoms with Crippen molar-refractivity contribution in [2.45, 2.75) is 43.2 Å². The van der Waals surface area contributed by atoms with Gasteiger partial charge in [-0.3, -0.25) is 4.79 Å². The summed E-state index contributed by atoms with van der Waals surface area (Å²) in [5.74, 6) is -0.0701. The number of fused-ring (bicyclic) bond motifs is 2. The Morgan fingerprint density at radius 2 is 1.91 bits per heavy atom. The third kappa shape index (κ3) is 3.87. The van der Waals surface area contributed by atoms with Crippen LogP contribution in [0.2, 0.25) is 0 Å². The molecule has 1 amide bonds. The molecule has 2 heterocycles. The van der Waals surface area contributed by atoms with Gasteiger partial charge in [0.15, 0.2) is 9.84 Å². The van der Waals surface area contributed by atoms with Gasteiger partial charge in [-0.15, -0.1) is 12.4 Å². The average Bonchev–Trinajstić information content (AvgIpc) is 2.77. The van der Waals surface area contributed by atoms with Gasteiger partial charge in [-0.1, -0.05) is 6.07 Å². The summed E-state index contributed by atoms with van der Waals surface area (Å²) in [4.78, 5) is 14.8. The summed E-state index contributed by atoms with van der Waals surface area (Å²) in [5.41, 5.74) is 1.14. The van der Waals surface area contributed by atoms with E-state index in [1.54, 1.807) is 19.1 Å². The maximum Gasteiger partial charge on any atom is 0.253 e. The molecule has 0 aliphatic carbocycles. The predicted octanol–water partition coefficient (Wildman–Crippen LogP) is 1.79. The zero-order valence-corrected chi connectivity index (χ0v) is 15.0. The normalized spacial score (nSPS) is 24.0. The minimum absolute atomic E-state index is 0. The number of nitrogens with one attached hydrogen (secondary N) is 1. The fraction of sp³-hybridized carbons (Fsp3) is 0.562. The van der Waals surface area contributed by atoms with Gasteiger partial charge in [0.05, 0.1) is 4.90 Å². The topological polar surface area (TPSA) is 66.5 Å². The molecule has 1 aromatic rings. The SMILES string of the molecule is Cc1ccc(C(=O)N2CCC3CCC(C2)N3)cc1S(C)(=O)=O.Cl. The van der Waals surface area contributed by atoms with Crippen LogP contribution in [0.4, 0.5) is 0 Å². The van der Waals surface area contributed by atoms with E-state index >= 15 is 0 Å². The van der Waals surface area contributed by atoms with Crippen molar-refractivity contribution in [1.29, 1.82) is 0 Å². The molecule has 2 fully saturated rings. The largest absolute Gasteiger partial charge is 0.337 e. The number of rotatable bonds is 2. The van der Waals surface area contributed by atoms with Crippen LogP contribution in [-0.2, 0) is 9.84 Å². The quantitative estimate of drug-likeness (QED) is 0.875. The molecule has 2 aliphatic heterocycles.